The van der Waals surface area contributed by atoms with Crippen molar-refractivity contribution in [1.29, 1.82) is 0 Å². The normalized spacial score (nSPS) is 14.3. The number of anilines is 1. The van der Waals surface area contributed by atoms with Gasteiger partial charge in [-0.2, -0.15) is 0 Å². The quantitative estimate of drug-likeness (QED) is 0.584. The van der Waals surface area contributed by atoms with Crippen LogP contribution in [0.2, 0.25) is 0 Å². The molecule has 94 valence electrons. The Hall–Kier alpha value is -2.11. The second kappa shape index (κ2) is 4.64. The molecule has 2 aromatic rings. The molecule has 0 heterocycles. The summed E-state index contributed by atoms with van der Waals surface area (Å²) in [6, 6.07) is 10.4. The van der Waals surface area contributed by atoms with E-state index >= 15 is 0 Å². The predicted molar refractivity (Wildman–Crippen MR) is 68.5 cm³/mol. The lowest BCUT2D eigenvalue weighted by Crippen LogP contribution is -2.33. The van der Waals surface area contributed by atoms with Crippen LogP contribution in [0.5, 0.6) is 0 Å². The largest absolute Gasteiger partial charge is 0.399 e. The van der Waals surface area contributed by atoms with Crippen molar-refractivity contribution in [3.05, 3.63) is 42.0 Å². The zero-order valence-electron chi connectivity index (χ0n) is 9.58. The van der Waals surface area contributed by atoms with Crippen molar-refractivity contribution < 1.29 is 15.0 Å². The number of benzene rings is 2. The monoisotopic (exact) mass is 246 g/mol. The number of fused-ring (bicyclic) bond motifs is 1. The molecule has 2 aromatic carbocycles. The summed E-state index contributed by atoms with van der Waals surface area (Å²) >= 11 is 0. The minimum absolute atomic E-state index is 0.429. The van der Waals surface area contributed by atoms with Gasteiger partial charge in [0.1, 0.15) is 6.10 Å². The van der Waals surface area contributed by atoms with Crippen molar-refractivity contribution >= 4 is 22.4 Å². The van der Waals surface area contributed by atoms with Gasteiger partial charge in [-0.1, -0.05) is 18.2 Å². The van der Waals surface area contributed by atoms with E-state index < -0.39 is 18.1 Å². The lowest BCUT2D eigenvalue weighted by atomic mass is 10.00. The third-order valence-corrected chi connectivity index (χ3v) is 2.82. The number of aliphatic hydroxyl groups excluding tert-OH is 2. The van der Waals surface area contributed by atoms with Crippen molar-refractivity contribution in [2.24, 2.45) is 5.73 Å². The van der Waals surface area contributed by atoms with E-state index in [0.29, 0.717) is 11.3 Å². The highest BCUT2D eigenvalue weighted by molar-refractivity contribution is 5.86. The van der Waals surface area contributed by atoms with E-state index in [1.807, 2.05) is 0 Å². The molecule has 5 nitrogen and oxygen atoms in total. The maximum atomic E-state index is 10.8. The zero-order chi connectivity index (χ0) is 13.3. The van der Waals surface area contributed by atoms with Gasteiger partial charge in [-0.3, -0.25) is 4.79 Å². The molecule has 2 atom stereocenters. The molecule has 0 aliphatic carbocycles. The third-order valence-electron chi connectivity index (χ3n) is 2.82. The fourth-order valence-corrected chi connectivity index (χ4v) is 1.80. The second-order valence-corrected chi connectivity index (χ2v) is 4.16. The number of aliphatic hydroxyl groups is 2. The number of amides is 1. The standard InChI is InChI=1S/C13H14N2O3/c14-10-4-3-7-5-9(2-1-8(7)6-10)11(16)12(17)13(15)18/h1-6,11-12,16-17H,14H2,(H2,15,18). The molecule has 6 N–H and O–H groups in total. The summed E-state index contributed by atoms with van der Waals surface area (Å²) in [5.74, 6) is -0.958. The average molecular weight is 246 g/mol. The Labute approximate surface area is 104 Å². The minimum atomic E-state index is -1.61. The molecule has 2 rings (SSSR count). The molecular weight excluding hydrogens is 232 g/mol. The highest BCUT2D eigenvalue weighted by Gasteiger charge is 2.23. The number of nitrogens with two attached hydrogens (primary N) is 2. The summed E-state index contributed by atoms with van der Waals surface area (Å²) < 4.78 is 0. The van der Waals surface area contributed by atoms with Gasteiger partial charge in [-0.05, 0) is 34.5 Å². The van der Waals surface area contributed by atoms with Crippen molar-refractivity contribution in [3.8, 4) is 0 Å². The number of hydrogen-bond acceptors (Lipinski definition) is 4. The number of hydrogen-bond donors (Lipinski definition) is 4. The van der Waals surface area contributed by atoms with Crippen molar-refractivity contribution in [1.82, 2.24) is 0 Å². The molecule has 18 heavy (non-hydrogen) atoms. The fraction of sp³-hybridized carbons (Fsp3) is 0.154. The van der Waals surface area contributed by atoms with Crippen LogP contribution in [0, 0.1) is 0 Å². The lowest BCUT2D eigenvalue weighted by Gasteiger charge is -2.15. The first-order chi connectivity index (χ1) is 8.49. The molecule has 0 saturated carbocycles. The van der Waals surface area contributed by atoms with Gasteiger partial charge in [-0.25, -0.2) is 0 Å². The van der Waals surface area contributed by atoms with Gasteiger partial charge < -0.3 is 21.7 Å². The molecule has 1 amide bonds. The molecular formula is C13H14N2O3. The first-order valence-electron chi connectivity index (χ1n) is 5.43. The smallest absolute Gasteiger partial charge is 0.249 e. The number of primary amides is 1. The van der Waals surface area contributed by atoms with Gasteiger partial charge in [0.2, 0.25) is 5.91 Å². The van der Waals surface area contributed by atoms with Crippen molar-refractivity contribution in [2.45, 2.75) is 12.2 Å². The summed E-state index contributed by atoms with van der Waals surface area (Å²) in [6.07, 6.45) is -2.94. The molecule has 5 heteroatoms. The van der Waals surface area contributed by atoms with Crippen LogP contribution in [-0.4, -0.2) is 22.2 Å². The Morgan fingerprint density at radius 2 is 1.67 bits per heavy atom. The first kappa shape index (κ1) is 12.3. The van der Waals surface area contributed by atoms with Gasteiger partial charge in [0, 0.05) is 5.69 Å². The Morgan fingerprint density at radius 3 is 2.33 bits per heavy atom. The van der Waals surface area contributed by atoms with E-state index in [9.17, 15) is 15.0 Å². The third kappa shape index (κ3) is 2.27. The van der Waals surface area contributed by atoms with E-state index in [0.717, 1.165) is 10.8 Å². The van der Waals surface area contributed by atoms with Crippen LogP contribution in [0.1, 0.15) is 11.7 Å². The van der Waals surface area contributed by atoms with E-state index in [1.54, 1.807) is 36.4 Å². The van der Waals surface area contributed by atoms with Crippen LogP contribution >= 0.6 is 0 Å². The Bertz CT molecular complexity index is 598. The number of carbonyl (C=O) groups is 1. The summed E-state index contributed by atoms with van der Waals surface area (Å²) in [7, 11) is 0. The zero-order valence-corrected chi connectivity index (χ0v) is 9.58. The SMILES string of the molecule is NC(=O)C(O)C(O)c1ccc2cc(N)ccc2c1. The molecule has 0 bridgehead atoms. The Balaban J connectivity index is 2.41. The highest BCUT2D eigenvalue weighted by Crippen LogP contribution is 2.24. The summed E-state index contributed by atoms with van der Waals surface area (Å²) in [4.78, 5) is 10.8. The summed E-state index contributed by atoms with van der Waals surface area (Å²) in [5.41, 5.74) is 11.7. The van der Waals surface area contributed by atoms with Gasteiger partial charge in [0.25, 0.3) is 0 Å². The van der Waals surface area contributed by atoms with Crippen molar-refractivity contribution in [2.75, 3.05) is 5.73 Å². The topological polar surface area (TPSA) is 110 Å². The average Bonchev–Trinajstić information content (AvgIpc) is 2.36. The number of carbonyl (C=O) groups excluding carboxylic acids is 1. The number of nitrogen functional groups attached to an aromatic ring is 1. The maximum Gasteiger partial charge on any atom is 0.249 e. The fourth-order valence-electron chi connectivity index (χ4n) is 1.80. The molecule has 0 fully saturated rings. The first-order valence-corrected chi connectivity index (χ1v) is 5.43. The molecule has 0 aromatic heterocycles. The van der Waals surface area contributed by atoms with Gasteiger partial charge >= 0.3 is 0 Å². The Morgan fingerprint density at radius 1 is 1.06 bits per heavy atom. The van der Waals surface area contributed by atoms with E-state index in [4.69, 9.17) is 11.5 Å². The lowest BCUT2D eigenvalue weighted by molar-refractivity contribution is -0.131. The number of rotatable bonds is 3. The van der Waals surface area contributed by atoms with Crippen LogP contribution in [0.15, 0.2) is 36.4 Å². The van der Waals surface area contributed by atoms with Gasteiger partial charge in [0.05, 0.1) is 0 Å². The predicted octanol–water partition coefficient (Wildman–Crippen LogP) is 0.302. The molecule has 2 unspecified atom stereocenters. The molecule has 0 spiro atoms. The molecule has 0 saturated heterocycles. The molecule has 0 radical (unpaired) electrons. The molecule has 0 aliphatic rings. The highest BCUT2D eigenvalue weighted by atomic mass is 16.3. The van der Waals surface area contributed by atoms with Crippen LogP contribution in [0.25, 0.3) is 10.8 Å². The van der Waals surface area contributed by atoms with Crippen molar-refractivity contribution in [3.63, 3.8) is 0 Å². The van der Waals surface area contributed by atoms with Crippen LogP contribution in [0.3, 0.4) is 0 Å². The van der Waals surface area contributed by atoms with Crippen LogP contribution in [-0.2, 0) is 4.79 Å². The van der Waals surface area contributed by atoms with Crippen LogP contribution in [0.4, 0.5) is 5.69 Å². The van der Waals surface area contributed by atoms with E-state index in [2.05, 4.69) is 0 Å². The summed E-state index contributed by atoms with van der Waals surface area (Å²) in [5, 5.41) is 21.0. The van der Waals surface area contributed by atoms with E-state index in [1.165, 1.54) is 0 Å². The molecule has 0 aliphatic heterocycles. The minimum Gasteiger partial charge on any atom is -0.399 e. The van der Waals surface area contributed by atoms with Crippen LogP contribution < -0.4 is 11.5 Å². The van der Waals surface area contributed by atoms with E-state index in [-0.39, 0.29) is 0 Å². The Kier molecular flexibility index (Phi) is 3.18. The maximum absolute atomic E-state index is 10.8. The second-order valence-electron chi connectivity index (χ2n) is 4.16. The van der Waals surface area contributed by atoms with Gasteiger partial charge in [-0.15, -0.1) is 0 Å². The summed E-state index contributed by atoms with van der Waals surface area (Å²) in [6.45, 7) is 0. The van der Waals surface area contributed by atoms with Gasteiger partial charge in [0.15, 0.2) is 6.10 Å².